The van der Waals surface area contributed by atoms with Crippen LogP contribution in [-0.4, -0.2) is 10.8 Å². The summed E-state index contributed by atoms with van der Waals surface area (Å²) in [5.41, 5.74) is 3.32. The van der Waals surface area contributed by atoms with E-state index in [4.69, 9.17) is 0 Å². The Labute approximate surface area is 134 Å². The van der Waals surface area contributed by atoms with Crippen molar-refractivity contribution >= 4 is 11.6 Å². The Morgan fingerprint density at radius 1 is 1.17 bits per heavy atom. The molecule has 3 rings (SSSR count). The molecule has 1 amide bonds. The number of fused-ring (bicyclic) bond motifs is 1. The summed E-state index contributed by atoms with van der Waals surface area (Å²) in [6, 6.07) is 14.4. The molecule has 0 unspecified atom stereocenters. The minimum absolute atomic E-state index is 0.0374. The van der Waals surface area contributed by atoms with Crippen LogP contribution in [0.3, 0.4) is 0 Å². The lowest BCUT2D eigenvalue weighted by Crippen LogP contribution is -2.32. The van der Waals surface area contributed by atoms with E-state index in [1.165, 1.54) is 23.3 Å². The number of hydrogen-bond acceptors (Lipinski definition) is 3. The van der Waals surface area contributed by atoms with E-state index in [-0.39, 0.29) is 24.1 Å². The molecule has 5 heteroatoms. The van der Waals surface area contributed by atoms with Crippen molar-refractivity contribution in [2.24, 2.45) is 0 Å². The van der Waals surface area contributed by atoms with E-state index in [2.05, 4.69) is 17.4 Å². The average molecular weight is 310 g/mol. The minimum Gasteiger partial charge on any atom is -0.349 e. The third-order valence-electron chi connectivity index (χ3n) is 4.22. The van der Waals surface area contributed by atoms with Gasteiger partial charge in [0.15, 0.2) is 0 Å². The zero-order valence-electron chi connectivity index (χ0n) is 12.7. The number of nitrogens with zero attached hydrogens (tertiary/aromatic N) is 1. The number of rotatable bonds is 4. The molecule has 0 bridgehead atoms. The number of benzene rings is 2. The van der Waals surface area contributed by atoms with Crippen molar-refractivity contribution in [2.45, 2.75) is 31.7 Å². The van der Waals surface area contributed by atoms with Crippen LogP contribution in [0.15, 0.2) is 48.5 Å². The lowest BCUT2D eigenvalue weighted by Gasteiger charge is -2.26. The standard InChI is InChI=1S/C18H18N2O3/c21-18(12-13-8-10-15(11-9-13)20(22)23)19-17-7-3-5-14-4-1-2-6-16(14)17/h1-2,4,6,8-11,17H,3,5,7,12H2,(H,19,21)/t17-/m1/s1. The number of carbonyl (C=O) groups is 1. The quantitative estimate of drug-likeness (QED) is 0.695. The average Bonchev–Trinajstić information content (AvgIpc) is 2.55. The molecule has 0 saturated carbocycles. The van der Waals surface area contributed by atoms with E-state index >= 15 is 0 Å². The number of non-ortho nitro benzene ring substituents is 1. The molecule has 0 aliphatic heterocycles. The molecule has 1 N–H and O–H groups in total. The van der Waals surface area contributed by atoms with Crippen LogP contribution in [0, 0.1) is 10.1 Å². The fourth-order valence-corrected chi connectivity index (χ4v) is 3.07. The molecule has 1 aliphatic carbocycles. The van der Waals surface area contributed by atoms with Gasteiger partial charge < -0.3 is 5.32 Å². The van der Waals surface area contributed by atoms with Gasteiger partial charge in [0.2, 0.25) is 5.91 Å². The second-order valence-electron chi connectivity index (χ2n) is 5.81. The first-order chi connectivity index (χ1) is 11.1. The Bertz CT molecular complexity index is 725. The second kappa shape index (κ2) is 6.60. The smallest absolute Gasteiger partial charge is 0.269 e. The predicted octanol–water partition coefficient (Wildman–Crippen LogP) is 3.33. The highest BCUT2D eigenvalue weighted by molar-refractivity contribution is 5.79. The van der Waals surface area contributed by atoms with Gasteiger partial charge in [0.05, 0.1) is 17.4 Å². The van der Waals surface area contributed by atoms with Gasteiger partial charge in [-0.05, 0) is 36.0 Å². The summed E-state index contributed by atoms with van der Waals surface area (Å²) < 4.78 is 0. The van der Waals surface area contributed by atoms with Crippen LogP contribution < -0.4 is 5.32 Å². The molecule has 5 nitrogen and oxygen atoms in total. The molecule has 0 saturated heterocycles. The fourth-order valence-electron chi connectivity index (χ4n) is 3.07. The molecule has 23 heavy (non-hydrogen) atoms. The van der Waals surface area contributed by atoms with E-state index < -0.39 is 4.92 Å². The van der Waals surface area contributed by atoms with Crippen molar-refractivity contribution < 1.29 is 9.72 Å². The number of nitro benzene ring substituents is 1. The van der Waals surface area contributed by atoms with Crippen molar-refractivity contribution in [3.63, 3.8) is 0 Å². The molecule has 2 aromatic rings. The number of carbonyl (C=O) groups excluding carboxylic acids is 1. The molecular formula is C18H18N2O3. The predicted molar refractivity (Wildman–Crippen MR) is 87.1 cm³/mol. The highest BCUT2D eigenvalue weighted by Gasteiger charge is 2.21. The fraction of sp³-hybridized carbons (Fsp3) is 0.278. The van der Waals surface area contributed by atoms with Crippen LogP contribution in [0.1, 0.15) is 35.6 Å². The van der Waals surface area contributed by atoms with Crippen LogP contribution in [0.25, 0.3) is 0 Å². The second-order valence-corrected chi connectivity index (χ2v) is 5.81. The Hall–Kier alpha value is -2.69. The van der Waals surface area contributed by atoms with Gasteiger partial charge in [-0.1, -0.05) is 36.4 Å². The molecule has 0 fully saturated rings. The lowest BCUT2D eigenvalue weighted by molar-refractivity contribution is -0.384. The molecule has 0 spiro atoms. The molecule has 0 radical (unpaired) electrons. The van der Waals surface area contributed by atoms with Crippen LogP contribution >= 0.6 is 0 Å². The SMILES string of the molecule is O=C(Cc1ccc([N+](=O)[O-])cc1)N[C@@H]1CCCc2ccccc21. The van der Waals surface area contributed by atoms with Crippen molar-refractivity contribution in [1.82, 2.24) is 5.32 Å². The van der Waals surface area contributed by atoms with Crippen molar-refractivity contribution in [3.05, 3.63) is 75.3 Å². The minimum atomic E-state index is -0.442. The molecular weight excluding hydrogens is 292 g/mol. The summed E-state index contributed by atoms with van der Waals surface area (Å²) >= 11 is 0. The molecule has 0 aromatic heterocycles. The van der Waals surface area contributed by atoms with E-state index in [1.54, 1.807) is 12.1 Å². The zero-order chi connectivity index (χ0) is 16.2. The van der Waals surface area contributed by atoms with Crippen molar-refractivity contribution in [3.8, 4) is 0 Å². The number of aryl methyl sites for hydroxylation is 1. The first kappa shape index (κ1) is 15.2. The maximum absolute atomic E-state index is 12.3. The monoisotopic (exact) mass is 310 g/mol. The number of nitro groups is 1. The normalized spacial score (nSPS) is 16.4. The van der Waals surface area contributed by atoms with Gasteiger partial charge >= 0.3 is 0 Å². The summed E-state index contributed by atoms with van der Waals surface area (Å²) in [6.07, 6.45) is 3.31. The van der Waals surface area contributed by atoms with E-state index in [9.17, 15) is 14.9 Å². The topological polar surface area (TPSA) is 72.2 Å². The zero-order valence-corrected chi connectivity index (χ0v) is 12.7. The molecule has 1 aliphatic rings. The number of amides is 1. The number of hydrogen-bond donors (Lipinski definition) is 1. The lowest BCUT2D eigenvalue weighted by atomic mass is 9.87. The van der Waals surface area contributed by atoms with E-state index in [0.29, 0.717) is 0 Å². The molecule has 1 atom stereocenters. The first-order valence-electron chi connectivity index (χ1n) is 7.74. The van der Waals surface area contributed by atoms with Gasteiger partial charge in [-0.2, -0.15) is 0 Å². The van der Waals surface area contributed by atoms with Gasteiger partial charge in [-0.25, -0.2) is 0 Å². The molecule has 118 valence electrons. The van der Waals surface area contributed by atoms with Crippen molar-refractivity contribution in [2.75, 3.05) is 0 Å². The van der Waals surface area contributed by atoms with Crippen LogP contribution in [0.2, 0.25) is 0 Å². The van der Waals surface area contributed by atoms with Gasteiger partial charge in [0.1, 0.15) is 0 Å². The first-order valence-corrected chi connectivity index (χ1v) is 7.74. The van der Waals surface area contributed by atoms with E-state index in [1.807, 2.05) is 12.1 Å². The Morgan fingerprint density at radius 2 is 1.91 bits per heavy atom. The molecule has 0 heterocycles. The Morgan fingerprint density at radius 3 is 2.65 bits per heavy atom. The largest absolute Gasteiger partial charge is 0.349 e. The Balaban J connectivity index is 1.65. The third-order valence-corrected chi connectivity index (χ3v) is 4.22. The van der Waals surface area contributed by atoms with Gasteiger partial charge in [0.25, 0.3) is 5.69 Å². The highest BCUT2D eigenvalue weighted by atomic mass is 16.6. The van der Waals surface area contributed by atoms with Gasteiger partial charge in [-0.3, -0.25) is 14.9 Å². The maximum atomic E-state index is 12.3. The van der Waals surface area contributed by atoms with Crippen LogP contribution in [0.5, 0.6) is 0 Å². The summed E-state index contributed by atoms with van der Waals surface area (Å²) in [6.45, 7) is 0. The van der Waals surface area contributed by atoms with Crippen LogP contribution in [0.4, 0.5) is 5.69 Å². The van der Waals surface area contributed by atoms with Crippen LogP contribution in [-0.2, 0) is 17.6 Å². The maximum Gasteiger partial charge on any atom is 0.269 e. The summed E-state index contributed by atoms with van der Waals surface area (Å²) in [5, 5.41) is 13.7. The molecule has 2 aromatic carbocycles. The summed E-state index contributed by atoms with van der Waals surface area (Å²) in [5.74, 6) is -0.0550. The highest BCUT2D eigenvalue weighted by Crippen LogP contribution is 2.29. The van der Waals surface area contributed by atoms with E-state index in [0.717, 1.165) is 24.8 Å². The summed E-state index contributed by atoms with van der Waals surface area (Å²) in [4.78, 5) is 22.5. The summed E-state index contributed by atoms with van der Waals surface area (Å²) in [7, 11) is 0. The van der Waals surface area contributed by atoms with Gasteiger partial charge in [-0.15, -0.1) is 0 Å². The number of nitrogens with one attached hydrogen (secondary N) is 1. The Kier molecular flexibility index (Phi) is 4.37. The van der Waals surface area contributed by atoms with Gasteiger partial charge in [0, 0.05) is 12.1 Å². The van der Waals surface area contributed by atoms with Crippen molar-refractivity contribution in [1.29, 1.82) is 0 Å². The third kappa shape index (κ3) is 3.56.